The van der Waals surface area contributed by atoms with E-state index in [4.69, 9.17) is 16.1 Å². The van der Waals surface area contributed by atoms with Gasteiger partial charge in [-0.2, -0.15) is 4.98 Å². The van der Waals surface area contributed by atoms with Gasteiger partial charge < -0.3 is 9.63 Å². The first-order valence-electron chi connectivity index (χ1n) is 7.69. The molecule has 1 atom stereocenters. The molecule has 1 N–H and O–H groups in total. The molecular weight excluding hydrogens is 318 g/mol. The van der Waals surface area contributed by atoms with Crippen molar-refractivity contribution in [2.45, 2.75) is 31.7 Å². The SMILES string of the molecule is O=C(O)C1CCCCN1CCc1nc(-c2ccc(Cl)cc2)no1. The summed E-state index contributed by atoms with van der Waals surface area (Å²) in [5, 5.41) is 13.9. The van der Waals surface area contributed by atoms with E-state index in [0.717, 1.165) is 24.9 Å². The minimum atomic E-state index is -0.753. The Morgan fingerprint density at radius 2 is 2.13 bits per heavy atom. The van der Waals surface area contributed by atoms with Gasteiger partial charge in [0.1, 0.15) is 6.04 Å². The van der Waals surface area contributed by atoms with Gasteiger partial charge in [-0.05, 0) is 43.7 Å². The Bertz CT molecular complexity index is 671. The number of nitrogens with zero attached hydrogens (tertiary/aromatic N) is 3. The minimum Gasteiger partial charge on any atom is -0.480 e. The molecule has 3 rings (SSSR count). The summed E-state index contributed by atoms with van der Waals surface area (Å²) in [6, 6.07) is 6.82. The van der Waals surface area contributed by atoms with Gasteiger partial charge in [-0.3, -0.25) is 9.69 Å². The van der Waals surface area contributed by atoms with E-state index in [2.05, 4.69) is 10.1 Å². The van der Waals surface area contributed by atoms with Crippen LogP contribution in [-0.2, 0) is 11.2 Å². The number of carbonyl (C=O) groups is 1. The molecule has 122 valence electrons. The molecule has 0 saturated carbocycles. The Labute approximate surface area is 139 Å². The van der Waals surface area contributed by atoms with E-state index in [1.165, 1.54) is 0 Å². The number of rotatable bonds is 5. The molecule has 1 aliphatic rings. The van der Waals surface area contributed by atoms with E-state index in [0.29, 0.717) is 36.1 Å². The van der Waals surface area contributed by atoms with Crippen molar-refractivity contribution in [3.8, 4) is 11.4 Å². The lowest BCUT2D eigenvalue weighted by molar-refractivity contribution is -0.144. The predicted octanol–water partition coefficient (Wildman–Crippen LogP) is 2.87. The highest BCUT2D eigenvalue weighted by Crippen LogP contribution is 2.20. The van der Waals surface area contributed by atoms with Crippen LogP contribution in [0.4, 0.5) is 0 Å². The lowest BCUT2D eigenvalue weighted by Crippen LogP contribution is -2.45. The molecule has 0 spiro atoms. The number of hydrogen-bond donors (Lipinski definition) is 1. The highest BCUT2D eigenvalue weighted by atomic mass is 35.5. The quantitative estimate of drug-likeness (QED) is 0.905. The third-order valence-electron chi connectivity index (χ3n) is 4.08. The minimum absolute atomic E-state index is 0.401. The second-order valence-electron chi connectivity index (χ2n) is 5.65. The van der Waals surface area contributed by atoms with E-state index in [-0.39, 0.29) is 0 Å². The van der Waals surface area contributed by atoms with Crippen LogP contribution in [0, 0.1) is 0 Å². The number of likely N-dealkylation sites (tertiary alicyclic amines) is 1. The first-order valence-corrected chi connectivity index (χ1v) is 8.06. The molecule has 2 aromatic rings. The van der Waals surface area contributed by atoms with Crippen molar-refractivity contribution >= 4 is 17.6 Å². The van der Waals surface area contributed by atoms with Gasteiger partial charge in [-0.1, -0.05) is 23.2 Å². The number of aromatic nitrogens is 2. The average molecular weight is 336 g/mol. The number of aliphatic carboxylic acids is 1. The summed E-state index contributed by atoms with van der Waals surface area (Å²) in [6.45, 7) is 1.41. The van der Waals surface area contributed by atoms with Gasteiger partial charge in [0.2, 0.25) is 11.7 Å². The van der Waals surface area contributed by atoms with Crippen LogP contribution in [0.25, 0.3) is 11.4 Å². The number of hydrogen-bond acceptors (Lipinski definition) is 5. The predicted molar refractivity (Wildman–Crippen MR) is 85.3 cm³/mol. The Balaban J connectivity index is 1.62. The Morgan fingerprint density at radius 3 is 2.87 bits per heavy atom. The van der Waals surface area contributed by atoms with Crippen LogP contribution in [-0.4, -0.2) is 45.2 Å². The van der Waals surface area contributed by atoms with Crippen molar-refractivity contribution in [1.82, 2.24) is 15.0 Å². The third kappa shape index (κ3) is 3.89. The Morgan fingerprint density at radius 1 is 1.35 bits per heavy atom. The number of benzene rings is 1. The van der Waals surface area contributed by atoms with Gasteiger partial charge in [0.25, 0.3) is 0 Å². The van der Waals surface area contributed by atoms with Crippen LogP contribution in [0.15, 0.2) is 28.8 Å². The van der Waals surface area contributed by atoms with Crippen LogP contribution in [0.2, 0.25) is 5.02 Å². The lowest BCUT2D eigenvalue weighted by Gasteiger charge is -2.32. The van der Waals surface area contributed by atoms with Crippen molar-refractivity contribution in [2.75, 3.05) is 13.1 Å². The molecule has 1 aliphatic heterocycles. The van der Waals surface area contributed by atoms with Crippen molar-refractivity contribution in [1.29, 1.82) is 0 Å². The average Bonchev–Trinajstić information content (AvgIpc) is 3.03. The van der Waals surface area contributed by atoms with Crippen LogP contribution < -0.4 is 0 Å². The van der Waals surface area contributed by atoms with Gasteiger partial charge in [0.05, 0.1) is 0 Å². The molecule has 0 amide bonds. The van der Waals surface area contributed by atoms with Crippen molar-refractivity contribution in [3.05, 3.63) is 35.2 Å². The Kier molecular flexibility index (Phi) is 4.93. The Hall–Kier alpha value is -1.92. The monoisotopic (exact) mass is 335 g/mol. The zero-order valence-electron chi connectivity index (χ0n) is 12.6. The largest absolute Gasteiger partial charge is 0.480 e. The summed E-state index contributed by atoms with van der Waals surface area (Å²) < 4.78 is 5.27. The zero-order valence-corrected chi connectivity index (χ0v) is 13.4. The molecule has 0 aliphatic carbocycles. The summed E-state index contributed by atoms with van der Waals surface area (Å²) >= 11 is 5.86. The fraction of sp³-hybridized carbons (Fsp3) is 0.438. The summed E-state index contributed by atoms with van der Waals surface area (Å²) in [7, 11) is 0. The van der Waals surface area contributed by atoms with Crippen LogP contribution in [0.1, 0.15) is 25.2 Å². The highest BCUT2D eigenvalue weighted by molar-refractivity contribution is 6.30. The first-order chi connectivity index (χ1) is 11.1. The van der Waals surface area contributed by atoms with E-state index < -0.39 is 12.0 Å². The van der Waals surface area contributed by atoms with Crippen LogP contribution >= 0.6 is 11.6 Å². The second-order valence-corrected chi connectivity index (χ2v) is 6.09. The maximum absolute atomic E-state index is 11.3. The molecule has 7 heteroatoms. The highest BCUT2D eigenvalue weighted by Gasteiger charge is 2.28. The smallest absolute Gasteiger partial charge is 0.320 e. The van der Waals surface area contributed by atoms with E-state index in [1.807, 2.05) is 17.0 Å². The summed E-state index contributed by atoms with van der Waals surface area (Å²) in [5.74, 6) is 0.284. The summed E-state index contributed by atoms with van der Waals surface area (Å²) in [4.78, 5) is 17.6. The third-order valence-corrected chi connectivity index (χ3v) is 4.33. The lowest BCUT2D eigenvalue weighted by atomic mass is 10.0. The fourth-order valence-electron chi connectivity index (χ4n) is 2.85. The van der Waals surface area contributed by atoms with Gasteiger partial charge in [-0.25, -0.2) is 0 Å². The number of carboxylic acid groups (broad SMARTS) is 1. The maximum atomic E-state index is 11.3. The topological polar surface area (TPSA) is 79.5 Å². The molecule has 0 bridgehead atoms. The van der Waals surface area contributed by atoms with Crippen LogP contribution in [0.5, 0.6) is 0 Å². The normalized spacial score (nSPS) is 18.9. The molecule has 2 heterocycles. The molecule has 1 saturated heterocycles. The number of piperidine rings is 1. The maximum Gasteiger partial charge on any atom is 0.320 e. The second kappa shape index (κ2) is 7.10. The van der Waals surface area contributed by atoms with Gasteiger partial charge >= 0.3 is 5.97 Å². The van der Waals surface area contributed by atoms with Crippen molar-refractivity contribution < 1.29 is 14.4 Å². The van der Waals surface area contributed by atoms with Crippen molar-refractivity contribution in [3.63, 3.8) is 0 Å². The van der Waals surface area contributed by atoms with E-state index in [1.54, 1.807) is 12.1 Å². The van der Waals surface area contributed by atoms with Crippen LogP contribution in [0.3, 0.4) is 0 Å². The first kappa shape index (κ1) is 16.0. The molecule has 23 heavy (non-hydrogen) atoms. The number of carboxylic acids is 1. The van der Waals surface area contributed by atoms with Gasteiger partial charge in [0, 0.05) is 23.6 Å². The van der Waals surface area contributed by atoms with Gasteiger partial charge in [0.15, 0.2) is 0 Å². The van der Waals surface area contributed by atoms with E-state index >= 15 is 0 Å². The summed E-state index contributed by atoms with van der Waals surface area (Å²) in [5.41, 5.74) is 0.839. The van der Waals surface area contributed by atoms with Gasteiger partial charge in [-0.15, -0.1) is 0 Å². The molecule has 1 fully saturated rings. The van der Waals surface area contributed by atoms with Crippen molar-refractivity contribution in [2.24, 2.45) is 0 Å². The zero-order chi connectivity index (χ0) is 16.2. The molecule has 1 aromatic carbocycles. The molecule has 0 radical (unpaired) electrons. The summed E-state index contributed by atoms with van der Waals surface area (Å²) in [6.07, 6.45) is 3.25. The number of halogens is 1. The molecular formula is C16H18ClN3O3. The van der Waals surface area contributed by atoms with E-state index in [9.17, 15) is 9.90 Å². The standard InChI is InChI=1S/C16H18ClN3O3/c17-12-6-4-11(5-7-12)15-18-14(23-19-15)8-10-20-9-2-1-3-13(20)16(21)22/h4-7,13H,1-3,8-10H2,(H,21,22). The molecule has 6 nitrogen and oxygen atoms in total. The fourth-order valence-corrected chi connectivity index (χ4v) is 2.98. The molecule has 1 aromatic heterocycles. The molecule has 1 unspecified atom stereocenters.